The molecule has 198 valence electrons. The summed E-state index contributed by atoms with van der Waals surface area (Å²) >= 11 is -2.55. The highest BCUT2D eigenvalue weighted by molar-refractivity contribution is 7.81. The van der Waals surface area contributed by atoms with Crippen molar-refractivity contribution in [3.63, 3.8) is 0 Å². The molecule has 4 aromatic rings. The Morgan fingerprint density at radius 1 is 0.842 bits per heavy atom. The predicted molar refractivity (Wildman–Crippen MR) is 149 cm³/mol. The van der Waals surface area contributed by atoms with Crippen molar-refractivity contribution in [2.75, 3.05) is 36.5 Å². The molecule has 1 atom stereocenters. The van der Waals surface area contributed by atoms with Gasteiger partial charge in [-0.2, -0.15) is 0 Å². The highest BCUT2D eigenvalue weighted by Crippen LogP contribution is 2.37. The molecular weight excluding hydrogens is 504 g/mol. The SMILES string of the molecule is CN(C)c1cccc2c(N(c3ccc(OCCOc4ccccc4CCC(=O)O)cc3)S(=O)[O-])cccc12. The maximum Gasteiger partial charge on any atom is 0.303 e. The third-order valence-electron chi connectivity index (χ3n) is 5.99. The van der Waals surface area contributed by atoms with Gasteiger partial charge in [-0.25, -0.2) is 0 Å². The number of hydrogen-bond acceptors (Lipinski definition) is 6. The lowest BCUT2D eigenvalue weighted by atomic mass is 10.1. The Hall–Kier alpha value is -4.08. The van der Waals surface area contributed by atoms with Crippen LogP contribution in [0, 0.1) is 0 Å². The molecule has 0 bridgehead atoms. The van der Waals surface area contributed by atoms with Gasteiger partial charge in [-0.05, 0) is 54.4 Å². The second-order valence-corrected chi connectivity index (χ2v) is 9.55. The van der Waals surface area contributed by atoms with Crippen molar-refractivity contribution in [2.24, 2.45) is 0 Å². The zero-order chi connectivity index (χ0) is 27.1. The lowest BCUT2D eigenvalue weighted by molar-refractivity contribution is -0.136. The van der Waals surface area contributed by atoms with Crippen LogP contribution in [-0.4, -0.2) is 47.1 Å². The van der Waals surface area contributed by atoms with Crippen molar-refractivity contribution in [3.8, 4) is 11.5 Å². The maximum atomic E-state index is 12.3. The van der Waals surface area contributed by atoms with E-state index in [-0.39, 0.29) is 19.6 Å². The monoisotopic (exact) mass is 533 g/mol. The molecule has 9 heteroatoms. The van der Waals surface area contributed by atoms with Gasteiger partial charge in [0.1, 0.15) is 24.7 Å². The highest BCUT2D eigenvalue weighted by atomic mass is 32.2. The molecule has 38 heavy (non-hydrogen) atoms. The van der Waals surface area contributed by atoms with Crippen molar-refractivity contribution >= 4 is 45.1 Å². The number of aliphatic carboxylic acids is 1. The molecule has 0 aliphatic carbocycles. The molecular formula is C29H29N2O6S-. The van der Waals surface area contributed by atoms with Gasteiger partial charge in [0.25, 0.3) is 0 Å². The summed E-state index contributed by atoms with van der Waals surface area (Å²) in [7, 11) is 3.90. The summed E-state index contributed by atoms with van der Waals surface area (Å²) in [5.74, 6) is 0.347. The maximum absolute atomic E-state index is 12.3. The van der Waals surface area contributed by atoms with Gasteiger partial charge in [0.15, 0.2) is 0 Å². The standard InChI is InChI=1S/C29H30N2O6S/c1-30(2)26-10-5-9-25-24(26)8-6-11-27(25)31(38(34)35)22-14-16-23(17-15-22)36-19-20-37-28-12-4-3-7-21(28)13-18-29(32)33/h3-12,14-17H,13,18-20H2,1-2H3,(H,32,33)(H,34,35)/p-1. The van der Waals surface area contributed by atoms with Crippen LogP contribution in [0.2, 0.25) is 0 Å². The Balaban J connectivity index is 1.44. The van der Waals surface area contributed by atoms with Crippen LogP contribution in [0.5, 0.6) is 11.5 Å². The average molecular weight is 534 g/mol. The third kappa shape index (κ3) is 6.42. The summed E-state index contributed by atoms with van der Waals surface area (Å²) in [4.78, 5) is 12.9. The quantitative estimate of drug-likeness (QED) is 0.194. The highest BCUT2D eigenvalue weighted by Gasteiger charge is 2.15. The first-order valence-corrected chi connectivity index (χ1v) is 13.1. The van der Waals surface area contributed by atoms with E-state index in [1.54, 1.807) is 36.4 Å². The molecule has 0 aliphatic rings. The van der Waals surface area contributed by atoms with E-state index in [1.165, 1.54) is 4.31 Å². The van der Waals surface area contributed by atoms with Gasteiger partial charge < -0.3 is 24.0 Å². The zero-order valence-electron chi connectivity index (χ0n) is 21.2. The van der Waals surface area contributed by atoms with E-state index in [9.17, 15) is 13.6 Å². The number of aryl methyl sites for hydroxylation is 1. The number of anilines is 3. The molecule has 4 aromatic carbocycles. The van der Waals surface area contributed by atoms with Crippen LogP contribution in [-0.2, 0) is 22.5 Å². The topological polar surface area (TPSA) is 102 Å². The first-order chi connectivity index (χ1) is 18.3. The Kier molecular flexibility index (Phi) is 8.83. The van der Waals surface area contributed by atoms with Crippen molar-refractivity contribution in [1.29, 1.82) is 0 Å². The Morgan fingerprint density at radius 2 is 1.47 bits per heavy atom. The lowest BCUT2D eigenvalue weighted by Crippen LogP contribution is -2.20. The molecule has 0 saturated carbocycles. The van der Waals surface area contributed by atoms with E-state index in [1.807, 2.05) is 67.5 Å². The van der Waals surface area contributed by atoms with Crippen molar-refractivity contribution < 1.29 is 28.1 Å². The van der Waals surface area contributed by atoms with Gasteiger partial charge in [0.2, 0.25) is 0 Å². The van der Waals surface area contributed by atoms with Crippen LogP contribution >= 0.6 is 0 Å². The summed E-state index contributed by atoms with van der Waals surface area (Å²) in [6, 6.07) is 25.6. The third-order valence-corrected chi connectivity index (χ3v) is 6.69. The molecule has 0 amide bonds. The van der Waals surface area contributed by atoms with Crippen LogP contribution in [0.1, 0.15) is 12.0 Å². The second-order valence-electron chi connectivity index (χ2n) is 8.75. The number of nitrogens with zero attached hydrogens (tertiary/aromatic N) is 2. The fourth-order valence-corrected chi connectivity index (χ4v) is 4.84. The number of para-hydroxylation sites is 1. The van der Waals surface area contributed by atoms with Crippen LogP contribution in [0.15, 0.2) is 84.9 Å². The van der Waals surface area contributed by atoms with Crippen LogP contribution < -0.4 is 18.7 Å². The normalized spacial score (nSPS) is 11.7. The van der Waals surface area contributed by atoms with Gasteiger partial charge in [-0.15, -0.1) is 0 Å². The minimum atomic E-state index is -2.55. The molecule has 8 nitrogen and oxygen atoms in total. The van der Waals surface area contributed by atoms with Crippen LogP contribution in [0.25, 0.3) is 10.8 Å². The molecule has 0 fully saturated rings. The summed E-state index contributed by atoms with van der Waals surface area (Å²) < 4.78 is 37.5. The lowest BCUT2D eigenvalue weighted by Gasteiger charge is -2.28. The fourth-order valence-electron chi connectivity index (χ4n) is 4.23. The molecule has 0 heterocycles. The van der Waals surface area contributed by atoms with Crippen LogP contribution in [0.3, 0.4) is 0 Å². The fraction of sp³-hybridized carbons (Fsp3) is 0.207. The predicted octanol–water partition coefficient (Wildman–Crippen LogP) is 5.31. The van der Waals surface area contributed by atoms with Gasteiger partial charge in [-0.3, -0.25) is 13.3 Å². The van der Waals surface area contributed by atoms with E-state index in [0.717, 1.165) is 22.0 Å². The van der Waals surface area contributed by atoms with Crippen molar-refractivity contribution in [3.05, 3.63) is 90.5 Å². The molecule has 0 aliphatic heterocycles. The molecule has 0 aromatic heterocycles. The number of hydrogen-bond donors (Lipinski definition) is 1. The summed E-state index contributed by atoms with van der Waals surface area (Å²) in [5, 5.41) is 10.7. The van der Waals surface area contributed by atoms with Crippen molar-refractivity contribution in [2.45, 2.75) is 12.8 Å². The minimum Gasteiger partial charge on any atom is -0.755 e. The van der Waals surface area contributed by atoms with E-state index in [0.29, 0.717) is 29.3 Å². The number of ether oxygens (including phenoxy) is 2. The Labute approximate surface area is 224 Å². The number of rotatable bonds is 12. The molecule has 0 saturated heterocycles. The first-order valence-electron chi connectivity index (χ1n) is 12.1. The zero-order valence-corrected chi connectivity index (χ0v) is 22.0. The Morgan fingerprint density at radius 3 is 2.13 bits per heavy atom. The molecule has 4 rings (SSSR count). The summed E-state index contributed by atoms with van der Waals surface area (Å²) in [6.07, 6.45) is 0.419. The number of carbonyl (C=O) groups is 1. The minimum absolute atomic E-state index is 0.0317. The van der Waals surface area contributed by atoms with E-state index in [2.05, 4.69) is 0 Å². The smallest absolute Gasteiger partial charge is 0.303 e. The number of carboxylic acids is 1. The number of fused-ring (bicyclic) bond motifs is 1. The second kappa shape index (κ2) is 12.4. The first kappa shape index (κ1) is 27.0. The van der Waals surface area contributed by atoms with Gasteiger partial charge in [0.05, 0.1) is 22.6 Å². The Bertz CT molecular complexity index is 1420. The molecule has 1 N–H and O–H groups in total. The van der Waals surface area contributed by atoms with Gasteiger partial charge in [0, 0.05) is 37.0 Å². The molecule has 0 radical (unpaired) electrons. The summed E-state index contributed by atoms with van der Waals surface area (Å²) in [5.41, 5.74) is 2.87. The summed E-state index contributed by atoms with van der Waals surface area (Å²) in [6.45, 7) is 0.535. The van der Waals surface area contributed by atoms with Gasteiger partial charge >= 0.3 is 5.97 Å². The molecule has 1 unspecified atom stereocenters. The van der Waals surface area contributed by atoms with Crippen molar-refractivity contribution in [1.82, 2.24) is 0 Å². The van der Waals surface area contributed by atoms with E-state index < -0.39 is 17.2 Å². The van der Waals surface area contributed by atoms with Gasteiger partial charge in [-0.1, -0.05) is 42.5 Å². The van der Waals surface area contributed by atoms with E-state index in [4.69, 9.17) is 14.6 Å². The average Bonchev–Trinajstić information content (AvgIpc) is 2.91. The van der Waals surface area contributed by atoms with E-state index >= 15 is 0 Å². The number of carboxylic acid groups (broad SMARTS) is 1. The van der Waals surface area contributed by atoms with Crippen LogP contribution in [0.4, 0.5) is 17.1 Å². The number of benzene rings is 4. The molecule has 0 spiro atoms. The largest absolute Gasteiger partial charge is 0.755 e.